The normalized spacial score (nSPS) is 21.1. The number of hydrogen-bond donors (Lipinski definition) is 1. The van der Waals surface area contributed by atoms with Crippen LogP contribution in [0, 0.1) is 5.41 Å². The van der Waals surface area contributed by atoms with Crippen LogP contribution in [0.4, 0.5) is 0 Å². The fourth-order valence-electron chi connectivity index (χ4n) is 6.74. The molecule has 3 aliphatic heterocycles. The third kappa shape index (κ3) is 7.03. The maximum Gasteiger partial charge on any atom is 0.228 e. The number of hydrogen-bond acceptors (Lipinski definition) is 5. The number of rotatable bonds is 4. The van der Waals surface area contributed by atoms with Crippen LogP contribution in [-0.2, 0) is 22.4 Å². The van der Waals surface area contributed by atoms with Gasteiger partial charge in [-0.2, -0.15) is 0 Å². The summed E-state index contributed by atoms with van der Waals surface area (Å²) in [5, 5.41) is 3.42. The van der Waals surface area contributed by atoms with Crippen LogP contribution in [0.15, 0.2) is 42.5 Å². The molecule has 3 aliphatic rings. The maximum absolute atomic E-state index is 13.8. The van der Waals surface area contributed by atoms with Gasteiger partial charge in [-0.25, -0.2) is 0 Å². The van der Waals surface area contributed by atoms with Crippen LogP contribution in [0.3, 0.4) is 0 Å². The second-order valence-electron chi connectivity index (χ2n) is 12.0. The molecule has 2 fully saturated rings. The first-order valence-electron chi connectivity index (χ1n) is 15.4. The molecule has 1 aromatic heterocycles. The molecule has 4 heterocycles. The molecule has 2 saturated heterocycles. The van der Waals surface area contributed by atoms with Crippen molar-refractivity contribution in [1.29, 1.82) is 0 Å². The highest BCUT2D eigenvalue weighted by molar-refractivity contribution is 5.83. The number of aromatic nitrogens is 1. The van der Waals surface area contributed by atoms with Gasteiger partial charge in [-0.3, -0.25) is 14.6 Å². The zero-order chi connectivity index (χ0) is 27.8. The second-order valence-corrected chi connectivity index (χ2v) is 12.0. The van der Waals surface area contributed by atoms with E-state index < -0.39 is 0 Å². The standard InChI is InChI=1S/C33H46N4O3/c1-36-24-25-40-30-12-5-4-9-27(30)8-3-2-6-17-33(32(36)39)18-22-37(23-19-33)31(38)14-13-28-10-7-11-29(35-28)26-15-20-34-21-16-26/h4-5,7,9-12,26,34H,2-3,6,8,13-25H2,1H3. The molecule has 0 saturated carbocycles. The van der Waals surface area contributed by atoms with Gasteiger partial charge in [-0.05, 0) is 88.2 Å². The predicted octanol–water partition coefficient (Wildman–Crippen LogP) is 4.74. The number of para-hydroxylation sites is 1. The van der Waals surface area contributed by atoms with Crippen molar-refractivity contribution in [2.45, 2.75) is 76.5 Å². The topological polar surface area (TPSA) is 74.8 Å². The molecule has 216 valence electrons. The summed E-state index contributed by atoms with van der Waals surface area (Å²) >= 11 is 0. The van der Waals surface area contributed by atoms with Gasteiger partial charge in [-0.15, -0.1) is 0 Å². The van der Waals surface area contributed by atoms with Crippen LogP contribution in [0.5, 0.6) is 5.75 Å². The minimum Gasteiger partial charge on any atom is -0.491 e. The first-order chi connectivity index (χ1) is 19.5. The SMILES string of the molecule is CN1CCOc2ccccc2CCCCCC2(CCN(C(=O)CCc3cccc(C4CCNCC4)n3)CC2)C1=O. The lowest BCUT2D eigenvalue weighted by molar-refractivity contribution is -0.148. The number of carbonyl (C=O) groups is 2. The van der Waals surface area contributed by atoms with E-state index in [1.54, 1.807) is 0 Å². The van der Waals surface area contributed by atoms with E-state index in [4.69, 9.17) is 9.72 Å². The fourth-order valence-corrected chi connectivity index (χ4v) is 6.74. The van der Waals surface area contributed by atoms with Crippen LogP contribution in [0.2, 0.25) is 0 Å². The monoisotopic (exact) mass is 546 g/mol. The first kappa shape index (κ1) is 28.6. The smallest absolute Gasteiger partial charge is 0.228 e. The summed E-state index contributed by atoms with van der Waals surface area (Å²) in [6.07, 6.45) is 10.0. The zero-order valence-electron chi connectivity index (χ0n) is 24.2. The summed E-state index contributed by atoms with van der Waals surface area (Å²) in [5.41, 5.74) is 3.05. The Morgan fingerprint density at radius 1 is 1.00 bits per heavy atom. The Labute approximate surface area is 239 Å². The van der Waals surface area contributed by atoms with Crippen LogP contribution < -0.4 is 10.1 Å². The number of ether oxygens (including phenoxy) is 1. The molecule has 1 aromatic carbocycles. The summed E-state index contributed by atoms with van der Waals surface area (Å²) in [5.74, 6) is 1.86. The quantitative estimate of drug-likeness (QED) is 0.600. The number of piperidine rings is 2. The van der Waals surface area contributed by atoms with Crippen molar-refractivity contribution in [3.63, 3.8) is 0 Å². The van der Waals surface area contributed by atoms with Crippen molar-refractivity contribution in [1.82, 2.24) is 20.1 Å². The number of fused-ring (bicyclic) bond motifs is 1. The van der Waals surface area contributed by atoms with E-state index in [1.807, 2.05) is 35.0 Å². The van der Waals surface area contributed by atoms with Gasteiger partial charge in [0.05, 0.1) is 12.0 Å². The lowest BCUT2D eigenvalue weighted by Crippen LogP contribution is -2.51. The van der Waals surface area contributed by atoms with Gasteiger partial charge in [-0.1, -0.05) is 37.1 Å². The number of carbonyl (C=O) groups excluding carboxylic acids is 2. The molecule has 0 atom stereocenters. The van der Waals surface area contributed by atoms with Gasteiger partial charge >= 0.3 is 0 Å². The molecule has 2 aromatic rings. The average molecular weight is 547 g/mol. The fraction of sp³-hybridized carbons (Fsp3) is 0.606. The van der Waals surface area contributed by atoms with Crippen molar-refractivity contribution >= 4 is 11.8 Å². The van der Waals surface area contributed by atoms with E-state index in [-0.39, 0.29) is 17.2 Å². The van der Waals surface area contributed by atoms with Crippen molar-refractivity contribution in [3.8, 4) is 5.75 Å². The van der Waals surface area contributed by atoms with Crippen LogP contribution in [-0.4, -0.2) is 73.0 Å². The number of pyridine rings is 1. The average Bonchev–Trinajstić information content (AvgIpc) is 3.01. The number of aryl methyl sites for hydroxylation is 2. The van der Waals surface area contributed by atoms with Gasteiger partial charge in [0.2, 0.25) is 11.8 Å². The van der Waals surface area contributed by atoms with Gasteiger partial charge in [0.15, 0.2) is 0 Å². The predicted molar refractivity (Wildman–Crippen MR) is 157 cm³/mol. The summed E-state index contributed by atoms with van der Waals surface area (Å²) in [4.78, 5) is 35.7. The number of likely N-dealkylation sites (tertiary alicyclic amines) is 1. The minimum atomic E-state index is -0.378. The lowest BCUT2D eigenvalue weighted by Gasteiger charge is -2.42. The van der Waals surface area contributed by atoms with Crippen molar-refractivity contribution in [2.24, 2.45) is 5.41 Å². The van der Waals surface area contributed by atoms with E-state index in [9.17, 15) is 9.59 Å². The molecule has 7 nitrogen and oxygen atoms in total. The Balaban J connectivity index is 1.16. The van der Waals surface area contributed by atoms with Gasteiger partial charge in [0.25, 0.3) is 0 Å². The summed E-state index contributed by atoms with van der Waals surface area (Å²) in [7, 11) is 1.90. The van der Waals surface area contributed by atoms with E-state index in [2.05, 4.69) is 29.6 Å². The third-order valence-electron chi connectivity index (χ3n) is 9.31. The second kappa shape index (κ2) is 13.6. The van der Waals surface area contributed by atoms with Crippen molar-refractivity contribution in [2.75, 3.05) is 46.4 Å². The lowest BCUT2D eigenvalue weighted by atomic mass is 9.73. The molecule has 0 unspecified atom stereocenters. The molecule has 0 radical (unpaired) electrons. The molecule has 1 N–H and O–H groups in total. The zero-order valence-corrected chi connectivity index (χ0v) is 24.2. The molecule has 5 rings (SSSR count). The Bertz CT molecular complexity index is 1140. The maximum atomic E-state index is 13.8. The summed E-state index contributed by atoms with van der Waals surface area (Å²) in [6.45, 7) is 4.47. The number of benzene rings is 1. The number of nitrogens with zero attached hydrogens (tertiary/aromatic N) is 3. The van der Waals surface area contributed by atoms with Crippen LogP contribution >= 0.6 is 0 Å². The summed E-state index contributed by atoms with van der Waals surface area (Å²) in [6, 6.07) is 14.5. The Kier molecular flexibility index (Phi) is 9.74. The van der Waals surface area contributed by atoms with E-state index in [1.165, 1.54) is 11.3 Å². The number of nitrogens with one attached hydrogen (secondary N) is 1. The molecule has 1 spiro atoms. The van der Waals surface area contributed by atoms with Gasteiger partial charge < -0.3 is 19.9 Å². The third-order valence-corrected chi connectivity index (χ3v) is 9.31. The summed E-state index contributed by atoms with van der Waals surface area (Å²) < 4.78 is 6.09. The van der Waals surface area contributed by atoms with Crippen molar-refractivity contribution in [3.05, 3.63) is 59.4 Å². The molecule has 7 heteroatoms. The van der Waals surface area contributed by atoms with Crippen molar-refractivity contribution < 1.29 is 14.3 Å². The van der Waals surface area contributed by atoms with E-state index in [0.717, 1.165) is 82.3 Å². The molecular weight excluding hydrogens is 500 g/mol. The Hall–Kier alpha value is -2.93. The Morgan fingerprint density at radius 2 is 1.80 bits per heavy atom. The molecule has 0 bridgehead atoms. The van der Waals surface area contributed by atoms with Crippen LogP contribution in [0.25, 0.3) is 0 Å². The highest BCUT2D eigenvalue weighted by atomic mass is 16.5. The Morgan fingerprint density at radius 3 is 2.62 bits per heavy atom. The first-order valence-corrected chi connectivity index (χ1v) is 15.4. The molecular formula is C33H46N4O3. The highest BCUT2D eigenvalue weighted by Crippen LogP contribution is 2.39. The van der Waals surface area contributed by atoms with Gasteiger partial charge in [0.1, 0.15) is 12.4 Å². The van der Waals surface area contributed by atoms with Crippen LogP contribution in [0.1, 0.15) is 80.7 Å². The minimum absolute atomic E-state index is 0.181. The molecule has 2 amide bonds. The van der Waals surface area contributed by atoms with Gasteiger partial charge in [0, 0.05) is 43.9 Å². The van der Waals surface area contributed by atoms with E-state index >= 15 is 0 Å². The largest absolute Gasteiger partial charge is 0.491 e. The highest BCUT2D eigenvalue weighted by Gasteiger charge is 2.43. The molecule has 0 aliphatic carbocycles. The van der Waals surface area contributed by atoms with E-state index in [0.29, 0.717) is 45.0 Å². The molecule has 40 heavy (non-hydrogen) atoms. The number of likely N-dealkylation sites (N-methyl/N-ethyl adjacent to an activating group) is 1. The number of amides is 2.